The number of anilines is 1. The van der Waals surface area contributed by atoms with E-state index in [4.69, 9.17) is 28.9 Å². The minimum atomic E-state index is -4.65. The summed E-state index contributed by atoms with van der Waals surface area (Å²) in [7, 11) is 0. The van der Waals surface area contributed by atoms with Crippen molar-refractivity contribution >= 4 is 40.8 Å². The number of aromatic nitrogens is 3. The fourth-order valence-electron chi connectivity index (χ4n) is 4.33. The second-order valence-electron chi connectivity index (χ2n) is 7.74. The van der Waals surface area contributed by atoms with Crippen molar-refractivity contribution in [2.24, 2.45) is 11.1 Å². The summed E-state index contributed by atoms with van der Waals surface area (Å²) >= 11 is 12.7. The SMILES string of the molecule is N[C@@H]1CCCC12CCN(c1cnc(Sc3ccnc(Cl)c3Cl)c(C(F)(F)F)n1)CC2. The molecule has 2 aromatic rings. The van der Waals surface area contributed by atoms with Crippen LogP contribution in [0.5, 0.6) is 0 Å². The molecule has 2 N–H and O–H groups in total. The van der Waals surface area contributed by atoms with Crippen molar-refractivity contribution in [1.29, 1.82) is 0 Å². The van der Waals surface area contributed by atoms with Gasteiger partial charge >= 0.3 is 6.18 Å². The molecule has 1 saturated carbocycles. The third-order valence-corrected chi connectivity index (χ3v) is 8.00. The highest BCUT2D eigenvalue weighted by Crippen LogP contribution is 2.46. The highest BCUT2D eigenvalue weighted by Gasteiger charge is 2.43. The number of hydrogen-bond donors (Lipinski definition) is 1. The van der Waals surface area contributed by atoms with Crippen LogP contribution in [0.15, 0.2) is 28.4 Å². The van der Waals surface area contributed by atoms with Crippen molar-refractivity contribution in [2.75, 3.05) is 18.0 Å². The molecule has 5 nitrogen and oxygen atoms in total. The molecule has 4 rings (SSSR count). The number of hydrogen-bond acceptors (Lipinski definition) is 6. The maximum atomic E-state index is 13.7. The van der Waals surface area contributed by atoms with Gasteiger partial charge in [0.1, 0.15) is 16.0 Å². The van der Waals surface area contributed by atoms with Crippen LogP contribution < -0.4 is 10.6 Å². The molecule has 1 saturated heterocycles. The summed E-state index contributed by atoms with van der Waals surface area (Å²) in [5.41, 5.74) is 5.38. The molecule has 0 amide bonds. The van der Waals surface area contributed by atoms with Crippen LogP contribution in [0.1, 0.15) is 37.8 Å². The Hall–Kier alpha value is -1.29. The Kier molecular flexibility index (Phi) is 6.09. The number of nitrogens with zero attached hydrogens (tertiary/aromatic N) is 4. The first-order valence-electron chi connectivity index (χ1n) is 9.62. The molecule has 0 unspecified atom stereocenters. The molecule has 1 spiro atoms. The Labute approximate surface area is 186 Å². The summed E-state index contributed by atoms with van der Waals surface area (Å²) < 4.78 is 41.2. The van der Waals surface area contributed by atoms with E-state index in [0.29, 0.717) is 18.0 Å². The number of nitrogens with two attached hydrogens (primary N) is 1. The van der Waals surface area contributed by atoms with E-state index in [0.717, 1.165) is 43.9 Å². The van der Waals surface area contributed by atoms with E-state index in [1.165, 1.54) is 18.5 Å². The van der Waals surface area contributed by atoms with Crippen LogP contribution in [0.4, 0.5) is 19.0 Å². The summed E-state index contributed by atoms with van der Waals surface area (Å²) in [6, 6.07) is 1.66. The van der Waals surface area contributed by atoms with Crippen LogP contribution in [0.25, 0.3) is 0 Å². The lowest BCUT2D eigenvalue weighted by molar-refractivity contribution is -0.143. The standard InChI is InChI=1S/C19H20Cl2F3N5S/c20-14-11(3-7-26-16(14)21)30-17-15(19(22,23)24)28-13(10-27-17)29-8-5-18(6-9-29)4-1-2-12(18)25/h3,7,10,12H,1-2,4-6,8-9,25H2/t12-/m1/s1. The Bertz CT molecular complexity index is 935. The Balaban J connectivity index is 1.58. The van der Waals surface area contributed by atoms with Crippen molar-refractivity contribution in [1.82, 2.24) is 15.0 Å². The van der Waals surface area contributed by atoms with E-state index in [1.54, 1.807) is 0 Å². The van der Waals surface area contributed by atoms with Gasteiger partial charge < -0.3 is 10.6 Å². The number of piperidine rings is 1. The molecule has 162 valence electrons. The molecule has 2 aliphatic rings. The van der Waals surface area contributed by atoms with Crippen molar-refractivity contribution in [2.45, 2.75) is 54.2 Å². The van der Waals surface area contributed by atoms with Gasteiger partial charge in [0, 0.05) is 30.2 Å². The van der Waals surface area contributed by atoms with E-state index in [2.05, 4.69) is 15.0 Å². The number of alkyl halides is 3. The minimum Gasteiger partial charge on any atom is -0.355 e. The topological polar surface area (TPSA) is 67.9 Å². The summed E-state index contributed by atoms with van der Waals surface area (Å²) in [5, 5.41) is -0.175. The highest BCUT2D eigenvalue weighted by atomic mass is 35.5. The van der Waals surface area contributed by atoms with E-state index in [1.807, 2.05) is 4.90 Å². The molecule has 0 bridgehead atoms. The van der Waals surface area contributed by atoms with Gasteiger partial charge in [-0.05, 0) is 37.2 Å². The highest BCUT2D eigenvalue weighted by molar-refractivity contribution is 7.99. The maximum Gasteiger partial charge on any atom is 0.436 e. The molecule has 3 heterocycles. The number of halogens is 5. The van der Waals surface area contributed by atoms with Gasteiger partial charge in [-0.25, -0.2) is 15.0 Å². The first-order valence-corrected chi connectivity index (χ1v) is 11.2. The van der Waals surface area contributed by atoms with Crippen LogP contribution in [0, 0.1) is 5.41 Å². The zero-order valence-electron chi connectivity index (χ0n) is 15.9. The van der Waals surface area contributed by atoms with Crippen LogP contribution in [-0.4, -0.2) is 34.1 Å². The Morgan fingerprint density at radius 3 is 2.53 bits per heavy atom. The zero-order valence-corrected chi connectivity index (χ0v) is 18.3. The van der Waals surface area contributed by atoms with Gasteiger partial charge in [-0.1, -0.05) is 41.4 Å². The van der Waals surface area contributed by atoms with Crippen LogP contribution in [0.2, 0.25) is 10.2 Å². The molecule has 2 aromatic heterocycles. The molecule has 2 fully saturated rings. The predicted octanol–water partition coefficient (Wildman–Crippen LogP) is 5.45. The Morgan fingerprint density at radius 2 is 1.90 bits per heavy atom. The van der Waals surface area contributed by atoms with Gasteiger partial charge in [-0.15, -0.1) is 0 Å². The first kappa shape index (κ1) is 21.9. The van der Waals surface area contributed by atoms with Crippen molar-refractivity contribution in [3.05, 3.63) is 34.3 Å². The summed E-state index contributed by atoms with van der Waals surface area (Å²) in [6.45, 7) is 1.25. The maximum absolute atomic E-state index is 13.7. The van der Waals surface area contributed by atoms with Gasteiger partial charge in [-0.3, -0.25) is 0 Å². The number of rotatable bonds is 3. The smallest absolute Gasteiger partial charge is 0.355 e. The van der Waals surface area contributed by atoms with E-state index >= 15 is 0 Å². The fourth-order valence-corrected chi connectivity index (χ4v) is 5.66. The average molecular weight is 478 g/mol. The summed E-state index contributed by atoms with van der Waals surface area (Å²) in [4.78, 5) is 14.0. The molecule has 11 heteroatoms. The fraction of sp³-hybridized carbons (Fsp3) is 0.526. The van der Waals surface area contributed by atoms with Crippen LogP contribution in [0.3, 0.4) is 0 Å². The van der Waals surface area contributed by atoms with E-state index in [9.17, 15) is 13.2 Å². The minimum absolute atomic E-state index is 0.0205. The van der Waals surface area contributed by atoms with Crippen LogP contribution >= 0.6 is 35.0 Å². The normalized spacial score (nSPS) is 21.4. The summed E-state index contributed by atoms with van der Waals surface area (Å²) in [6.07, 6.45) is 3.06. The van der Waals surface area contributed by atoms with Gasteiger partial charge in [0.25, 0.3) is 0 Å². The molecular weight excluding hydrogens is 458 g/mol. The molecule has 0 aromatic carbocycles. The van der Waals surface area contributed by atoms with Crippen molar-refractivity contribution in [3.63, 3.8) is 0 Å². The van der Waals surface area contributed by atoms with E-state index in [-0.39, 0.29) is 32.5 Å². The quantitative estimate of drug-likeness (QED) is 0.593. The van der Waals surface area contributed by atoms with Gasteiger partial charge in [-0.2, -0.15) is 13.2 Å². The first-order chi connectivity index (χ1) is 14.2. The molecule has 30 heavy (non-hydrogen) atoms. The Morgan fingerprint density at radius 1 is 1.17 bits per heavy atom. The van der Waals surface area contributed by atoms with E-state index < -0.39 is 11.9 Å². The van der Waals surface area contributed by atoms with Gasteiger partial charge in [0.15, 0.2) is 5.69 Å². The average Bonchev–Trinajstić information content (AvgIpc) is 3.05. The third-order valence-electron chi connectivity index (χ3n) is 6.07. The number of pyridine rings is 1. The van der Waals surface area contributed by atoms with Crippen molar-refractivity contribution < 1.29 is 13.2 Å². The molecule has 0 radical (unpaired) electrons. The largest absolute Gasteiger partial charge is 0.436 e. The second kappa shape index (κ2) is 8.33. The molecule has 1 aliphatic heterocycles. The third kappa shape index (κ3) is 4.22. The lowest BCUT2D eigenvalue weighted by atomic mass is 9.74. The second-order valence-corrected chi connectivity index (χ2v) is 9.51. The summed E-state index contributed by atoms with van der Waals surface area (Å²) in [5.74, 6) is 0.229. The zero-order chi connectivity index (χ0) is 21.5. The molecule has 1 aliphatic carbocycles. The van der Waals surface area contributed by atoms with Gasteiger partial charge in [0.05, 0.1) is 11.2 Å². The van der Waals surface area contributed by atoms with Crippen molar-refractivity contribution in [3.8, 4) is 0 Å². The predicted molar refractivity (Wildman–Crippen MR) is 111 cm³/mol. The lowest BCUT2D eigenvalue weighted by Gasteiger charge is -2.42. The lowest BCUT2D eigenvalue weighted by Crippen LogP contribution is -2.47. The van der Waals surface area contributed by atoms with Crippen LogP contribution in [-0.2, 0) is 6.18 Å². The van der Waals surface area contributed by atoms with Gasteiger partial charge in [0.2, 0.25) is 0 Å². The monoisotopic (exact) mass is 477 g/mol. The molecular formula is C19H20Cl2F3N5S. The molecule has 1 atom stereocenters.